The summed E-state index contributed by atoms with van der Waals surface area (Å²) in [6.07, 6.45) is 6.81. The van der Waals surface area contributed by atoms with Crippen molar-refractivity contribution in [2.75, 3.05) is 32.8 Å². The Morgan fingerprint density at radius 2 is 1.85 bits per heavy atom. The fourth-order valence-electron chi connectivity index (χ4n) is 3.64. The van der Waals surface area contributed by atoms with Crippen molar-refractivity contribution in [1.82, 2.24) is 24.7 Å². The van der Waals surface area contributed by atoms with Gasteiger partial charge in [0.05, 0.1) is 12.5 Å². The molecule has 0 unspecified atom stereocenters. The van der Waals surface area contributed by atoms with Gasteiger partial charge < -0.3 is 14.2 Å². The Kier molecular flexibility index (Phi) is 9.45. The zero-order chi connectivity index (χ0) is 29.0. The maximum atomic E-state index is 12.9. The summed E-state index contributed by atoms with van der Waals surface area (Å²) in [6.45, 7) is 13.4. The first kappa shape index (κ1) is 30.6. The largest absolute Gasteiger partial charge is 0.476 e. The molecule has 0 radical (unpaired) electrons. The highest BCUT2D eigenvalue weighted by Gasteiger charge is 2.30. The van der Waals surface area contributed by atoms with E-state index in [1.807, 2.05) is 25.1 Å². The molecule has 0 bridgehead atoms. The second kappa shape index (κ2) is 12.1. The third-order valence-electron chi connectivity index (χ3n) is 6.05. The standard InChI is InChI=1S/C27H41N5O5SSi/c1-19-14-23(37-17-27(2,3)25(33)35-4)29-16-21(19)20-10-11-22(28-15-20)24-30-26(38(5,6)34)32(31-24)18-36-12-13-39(7,8)9/h10-11,14-16,38H,12-13,17-18H2,1-9H3. The minimum Gasteiger partial charge on any atom is -0.476 e. The zero-order valence-corrected chi connectivity index (χ0v) is 26.3. The van der Waals surface area contributed by atoms with Gasteiger partial charge in [-0.15, -0.1) is 5.10 Å². The molecule has 0 saturated carbocycles. The van der Waals surface area contributed by atoms with Gasteiger partial charge in [-0.3, -0.25) is 14.0 Å². The topological polar surface area (TPSA) is 118 Å². The number of nitrogens with zero attached hydrogens (tertiary/aromatic N) is 5. The molecular formula is C27H41N5O5SSi. The van der Waals surface area contributed by atoms with E-state index in [2.05, 4.69) is 39.7 Å². The molecule has 0 aliphatic rings. The third-order valence-corrected chi connectivity index (χ3v) is 9.05. The average Bonchev–Trinajstić information content (AvgIpc) is 3.29. The van der Waals surface area contributed by atoms with Gasteiger partial charge >= 0.3 is 5.97 Å². The molecule has 0 aliphatic carbocycles. The van der Waals surface area contributed by atoms with Crippen LogP contribution in [0.15, 0.2) is 35.7 Å². The number of hydrogen-bond donors (Lipinski definition) is 1. The second-order valence-corrected chi connectivity index (χ2v) is 20.6. The number of aromatic nitrogens is 5. The number of thiol groups is 1. The Bertz CT molecular complexity index is 1350. The predicted octanol–water partition coefficient (Wildman–Crippen LogP) is 4.24. The van der Waals surface area contributed by atoms with E-state index in [4.69, 9.17) is 14.2 Å². The van der Waals surface area contributed by atoms with Gasteiger partial charge in [0.25, 0.3) is 0 Å². The van der Waals surface area contributed by atoms with E-state index >= 15 is 0 Å². The van der Waals surface area contributed by atoms with Crippen molar-refractivity contribution in [3.05, 3.63) is 36.2 Å². The third kappa shape index (κ3) is 8.26. The highest BCUT2D eigenvalue weighted by Crippen LogP contribution is 2.27. The van der Waals surface area contributed by atoms with E-state index in [0.29, 0.717) is 29.2 Å². The predicted molar refractivity (Wildman–Crippen MR) is 156 cm³/mol. The number of pyridine rings is 2. The van der Waals surface area contributed by atoms with Gasteiger partial charge in [-0.1, -0.05) is 35.6 Å². The van der Waals surface area contributed by atoms with Crippen LogP contribution in [0, 0.1) is 12.3 Å². The number of ether oxygens (including phenoxy) is 3. The summed E-state index contributed by atoms with van der Waals surface area (Å²) < 4.78 is 30.9. The summed E-state index contributed by atoms with van der Waals surface area (Å²) in [5.41, 5.74) is 2.51. The summed E-state index contributed by atoms with van der Waals surface area (Å²) >= 11 is 0. The number of aryl methyl sites for hydroxylation is 1. The van der Waals surface area contributed by atoms with E-state index in [1.54, 1.807) is 43.4 Å². The Balaban J connectivity index is 1.76. The van der Waals surface area contributed by atoms with Crippen molar-refractivity contribution in [2.45, 2.75) is 58.3 Å². The van der Waals surface area contributed by atoms with Crippen LogP contribution in [-0.2, 0) is 30.9 Å². The van der Waals surface area contributed by atoms with Crippen LogP contribution in [0.4, 0.5) is 0 Å². The van der Waals surface area contributed by atoms with E-state index in [0.717, 1.165) is 22.7 Å². The first-order valence-electron chi connectivity index (χ1n) is 12.8. The minimum atomic E-state index is -2.68. The number of methoxy groups -OCH3 is 1. The van der Waals surface area contributed by atoms with E-state index in [1.165, 1.54) is 7.11 Å². The Labute approximate surface area is 233 Å². The van der Waals surface area contributed by atoms with E-state index in [9.17, 15) is 9.00 Å². The van der Waals surface area contributed by atoms with Gasteiger partial charge in [-0.2, -0.15) is 4.98 Å². The van der Waals surface area contributed by atoms with Gasteiger partial charge in [-0.05, 0) is 51.0 Å². The number of carbonyl (C=O) groups is 1. The molecule has 0 aromatic carbocycles. The molecule has 0 N–H and O–H groups in total. The average molecular weight is 576 g/mol. The second-order valence-electron chi connectivity index (χ2n) is 11.9. The molecule has 10 nitrogen and oxygen atoms in total. The van der Waals surface area contributed by atoms with Gasteiger partial charge in [0.15, 0.2) is 5.16 Å². The smallest absolute Gasteiger partial charge is 0.314 e. The molecule has 3 aromatic heterocycles. The highest BCUT2D eigenvalue weighted by molar-refractivity contribution is 8.01. The van der Waals surface area contributed by atoms with Crippen LogP contribution < -0.4 is 4.74 Å². The Morgan fingerprint density at radius 3 is 2.41 bits per heavy atom. The van der Waals surface area contributed by atoms with Crippen molar-refractivity contribution in [3.63, 3.8) is 0 Å². The maximum Gasteiger partial charge on any atom is 0.314 e. The van der Waals surface area contributed by atoms with Crippen LogP contribution in [-0.4, -0.2) is 75.8 Å². The summed E-state index contributed by atoms with van der Waals surface area (Å²) in [4.78, 5) is 25.4. The van der Waals surface area contributed by atoms with Crippen LogP contribution in [0.3, 0.4) is 0 Å². The number of rotatable bonds is 12. The quantitative estimate of drug-likeness (QED) is 0.146. The number of carbonyl (C=O) groups excluding carboxylic acids is 1. The lowest BCUT2D eigenvalue weighted by molar-refractivity contribution is -0.152. The minimum absolute atomic E-state index is 0.148. The fourth-order valence-corrected chi connectivity index (χ4v) is 5.39. The molecule has 12 heteroatoms. The summed E-state index contributed by atoms with van der Waals surface area (Å²) in [6, 6.07) is 6.63. The first-order valence-corrected chi connectivity index (χ1v) is 19.1. The van der Waals surface area contributed by atoms with E-state index < -0.39 is 23.4 Å². The van der Waals surface area contributed by atoms with Gasteiger partial charge in [0.1, 0.15) is 19.0 Å². The Morgan fingerprint density at radius 1 is 1.13 bits per heavy atom. The molecule has 0 fully saturated rings. The lowest BCUT2D eigenvalue weighted by Gasteiger charge is -2.21. The van der Waals surface area contributed by atoms with Crippen molar-refractivity contribution in [3.8, 4) is 28.5 Å². The molecule has 0 atom stereocenters. The molecule has 3 heterocycles. The zero-order valence-electron chi connectivity index (χ0n) is 24.4. The molecule has 0 saturated heterocycles. The molecular weight excluding hydrogens is 534 g/mol. The SMILES string of the molecule is COC(=O)C(C)(C)COc1cc(C)c(-c2ccc(-c3nc([SH](C)(C)=O)n(COCC[Si](C)(C)C)n3)nc2)cn1. The van der Waals surface area contributed by atoms with Crippen LogP contribution >= 0.6 is 0 Å². The number of esters is 1. The first-order chi connectivity index (χ1) is 18.1. The van der Waals surface area contributed by atoms with Crippen molar-refractivity contribution < 1.29 is 23.2 Å². The van der Waals surface area contributed by atoms with Crippen LogP contribution in [0.25, 0.3) is 22.6 Å². The summed E-state index contributed by atoms with van der Waals surface area (Å²) in [5, 5.41) is 4.99. The summed E-state index contributed by atoms with van der Waals surface area (Å²) in [5.74, 6) is 0.487. The van der Waals surface area contributed by atoms with E-state index in [-0.39, 0.29) is 19.3 Å². The molecule has 3 rings (SSSR count). The monoisotopic (exact) mass is 575 g/mol. The number of hydrogen-bond acceptors (Lipinski definition) is 9. The van der Waals surface area contributed by atoms with Crippen molar-refractivity contribution in [1.29, 1.82) is 0 Å². The van der Waals surface area contributed by atoms with Crippen LogP contribution in [0.2, 0.25) is 25.7 Å². The fraction of sp³-hybridized carbons (Fsp3) is 0.519. The molecule has 39 heavy (non-hydrogen) atoms. The molecule has 3 aromatic rings. The maximum absolute atomic E-state index is 12.9. The van der Waals surface area contributed by atoms with Crippen LogP contribution in [0.5, 0.6) is 5.88 Å². The van der Waals surface area contributed by atoms with Crippen molar-refractivity contribution in [2.24, 2.45) is 5.41 Å². The van der Waals surface area contributed by atoms with Crippen molar-refractivity contribution >= 4 is 24.0 Å². The molecule has 0 spiro atoms. The molecule has 0 aliphatic heterocycles. The van der Waals surface area contributed by atoms with Gasteiger partial charge in [0, 0.05) is 44.3 Å². The van der Waals surface area contributed by atoms with Gasteiger partial charge in [0.2, 0.25) is 11.7 Å². The lowest BCUT2D eigenvalue weighted by atomic mass is 9.95. The molecule has 0 amide bonds. The van der Waals surface area contributed by atoms with Gasteiger partial charge in [-0.25, -0.2) is 9.67 Å². The normalized spacial score (nSPS) is 12.8. The Hall–Kier alpha value is -2.96. The van der Waals surface area contributed by atoms with Crippen LogP contribution in [0.1, 0.15) is 19.4 Å². The molecule has 214 valence electrons. The lowest BCUT2D eigenvalue weighted by Crippen LogP contribution is -2.32. The highest BCUT2D eigenvalue weighted by atomic mass is 32.2. The summed E-state index contributed by atoms with van der Waals surface area (Å²) in [7, 11) is -2.54.